The lowest BCUT2D eigenvalue weighted by molar-refractivity contribution is -0.174. The van der Waals surface area contributed by atoms with Crippen molar-refractivity contribution in [1.82, 2.24) is 0 Å². The Labute approximate surface area is 187 Å². The molecule has 1 aromatic carbocycles. The summed E-state index contributed by atoms with van der Waals surface area (Å²) in [5.41, 5.74) is -0.447. The minimum absolute atomic E-state index is 0.0900. The molecule has 0 atom stereocenters. The van der Waals surface area contributed by atoms with E-state index >= 15 is 0 Å². The first-order valence-electron chi connectivity index (χ1n) is 11.6. The van der Waals surface area contributed by atoms with Gasteiger partial charge in [0, 0.05) is 5.02 Å². The number of hydrogen-bond donors (Lipinski definition) is 0. The van der Waals surface area contributed by atoms with Crippen LogP contribution in [0.1, 0.15) is 97.0 Å². The normalized spacial score (nSPS) is 11.3. The lowest BCUT2D eigenvalue weighted by Gasteiger charge is -2.27. The Morgan fingerprint density at radius 1 is 0.833 bits per heavy atom. The molecule has 0 amide bonds. The second-order valence-electron chi connectivity index (χ2n) is 7.96. The summed E-state index contributed by atoms with van der Waals surface area (Å²) < 4.78 is 10.9. The smallest absolute Gasteiger partial charge is 0.323 e. The standard InChI is InChI=1S/C25H39ClO4/c1-4-7-8-9-10-11-12-13-14-18-29-23(27)25(5-2,6-3)24(28)30-20-21-16-15-17-22(26)19-21/h15-17,19H,4-14,18,20H2,1-3H3. The second kappa shape index (κ2) is 15.3. The number of rotatable bonds is 16. The zero-order valence-corrected chi connectivity index (χ0v) is 19.8. The molecule has 0 radical (unpaired) electrons. The number of unbranched alkanes of at least 4 members (excludes halogenated alkanes) is 8. The van der Waals surface area contributed by atoms with Crippen molar-refractivity contribution in [3.05, 3.63) is 34.9 Å². The highest BCUT2D eigenvalue weighted by molar-refractivity contribution is 6.30. The van der Waals surface area contributed by atoms with E-state index in [0.29, 0.717) is 24.5 Å². The number of carbonyl (C=O) groups is 2. The lowest BCUT2D eigenvalue weighted by atomic mass is 9.82. The third kappa shape index (κ3) is 9.07. The quantitative estimate of drug-likeness (QED) is 0.155. The molecule has 0 bridgehead atoms. The number of halogens is 1. The molecule has 0 heterocycles. The molecule has 0 aliphatic heterocycles. The molecular formula is C25H39ClO4. The van der Waals surface area contributed by atoms with Crippen LogP contribution in [-0.2, 0) is 25.7 Å². The predicted molar refractivity (Wildman–Crippen MR) is 122 cm³/mol. The molecule has 170 valence electrons. The highest BCUT2D eigenvalue weighted by Gasteiger charge is 2.45. The Hall–Kier alpha value is -1.55. The first-order valence-corrected chi connectivity index (χ1v) is 12.0. The molecule has 1 aromatic rings. The van der Waals surface area contributed by atoms with Gasteiger partial charge in [0.15, 0.2) is 5.41 Å². The van der Waals surface area contributed by atoms with Gasteiger partial charge in [-0.1, -0.05) is 95.9 Å². The molecule has 0 unspecified atom stereocenters. The molecule has 0 aliphatic carbocycles. The van der Waals surface area contributed by atoms with Gasteiger partial charge in [0.1, 0.15) is 6.61 Å². The molecule has 0 spiro atoms. The van der Waals surface area contributed by atoms with Gasteiger partial charge in [0.2, 0.25) is 0 Å². The second-order valence-corrected chi connectivity index (χ2v) is 8.40. The zero-order chi connectivity index (χ0) is 22.2. The van der Waals surface area contributed by atoms with Gasteiger partial charge in [-0.2, -0.15) is 0 Å². The number of hydrogen-bond acceptors (Lipinski definition) is 4. The first-order chi connectivity index (χ1) is 14.5. The summed E-state index contributed by atoms with van der Waals surface area (Å²) in [6, 6.07) is 7.15. The van der Waals surface area contributed by atoms with Crippen LogP contribution in [0.25, 0.3) is 0 Å². The van der Waals surface area contributed by atoms with Crippen molar-refractivity contribution in [3.8, 4) is 0 Å². The van der Waals surface area contributed by atoms with Crippen LogP contribution in [0.2, 0.25) is 5.02 Å². The fraction of sp³-hybridized carbons (Fsp3) is 0.680. The summed E-state index contributed by atoms with van der Waals surface area (Å²) in [5, 5.41) is 0.584. The highest BCUT2D eigenvalue weighted by Crippen LogP contribution is 2.31. The van der Waals surface area contributed by atoms with Crippen LogP contribution in [0.5, 0.6) is 0 Å². The zero-order valence-electron chi connectivity index (χ0n) is 19.0. The van der Waals surface area contributed by atoms with Crippen LogP contribution in [0.15, 0.2) is 24.3 Å². The Kier molecular flexibility index (Phi) is 13.5. The average Bonchev–Trinajstić information content (AvgIpc) is 2.75. The van der Waals surface area contributed by atoms with Gasteiger partial charge in [-0.25, -0.2) is 0 Å². The van der Waals surface area contributed by atoms with Gasteiger partial charge in [-0.3, -0.25) is 9.59 Å². The van der Waals surface area contributed by atoms with E-state index in [1.165, 1.54) is 38.5 Å². The summed E-state index contributed by atoms with van der Waals surface area (Å²) in [4.78, 5) is 25.5. The van der Waals surface area contributed by atoms with Crippen LogP contribution in [-0.4, -0.2) is 18.5 Å². The fourth-order valence-corrected chi connectivity index (χ4v) is 3.75. The molecule has 0 aromatic heterocycles. The molecule has 0 saturated carbocycles. The topological polar surface area (TPSA) is 52.6 Å². The van der Waals surface area contributed by atoms with Crippen LogP contribution in [0.3, 0.4) is 0 Å². The molecule has 1 rings (SSSR count). The SMILES string of the molecule is CCCCCCCCCCCOC(=O)C(CC)(CC)C(=O)OCc1cccc(Cl)c1. The average molecular weight is 439 g/mol. The summed E-state index contributed by atoms with van der Waals surface area (Å²) in [6.07, 6.45) is 11.5. The van der Waals surface area contributed by atoms with Crippen molar-refractivity contribution in [2.45, 2.75) is 98.0 Å². The van der Waals surface area contributed by atoms with Gasteiger partial charge in [-0.05, 0) is 37.0 Å². The predicted octanol–water partition coefficient (Wildman–Crippen LogP) is 7.26. The van der Waals surface area contributed by atoms with Crippen LogP contribution < -0.4 is 0 Å². The van der Waals surface area contributed by atoms with Gasteiger partial charge in [0.05, 0.1) is 6.61 Å². The highest BCUT2D eigenvalue weighted by atomic mass is 35.5. The van der Waals surface area contributed by atoms with Gasteiger partial charge in [0.25, 0.3) is 0 Å². The maximum absolute atomic E-state index is 12.8. The van der Waals surface area contributed by atoms with E-state index < -0.39 is 17.4 Å². The van der Waals surface area contributed by atoms with Crippen molar-refractivity contribution in [3.63, 3.8) is 0 Å². The molecular weight excluding hydrogens is 400 g/mol. The Balaban J connectivity index is 2.38. The van der Waals surface area contributed by atoms with Crippen LogP contribution in [0, 0.1) is 5.41 Å². The van der Waals surface area contributed by atoms with Crippen LogP contribution in [0.4, 0.5) is 0 Å². The van der Waals surface area contributed by atoms with Gasteiger partial charge < -0.3 is 9.47 Å². The molecule has 5 heteroatoms. The summed E-state index contributed by atoms with van der Waals surface area (Å²) >= 11 is 5.97. The van der Waals surface area contributed by atoms with Crippen molar-refractivity contribution >= 4 is 23.5 Å². The third-order valence-corrected chi connectivity index (χ3v) is 5.96. The van der Waals surface area contributed by atoms with E-state index in [0.717, 1.165) is 24.8 Å². The molecule has 0 fully saturated rings. The third-order valence-electron chi connectivity index (χ3n) is 5.73. The largest absolute Gasteiger partial charge is 0.465 e. The molecule has 0 saturated heterocycles. The minimum Gasteiger partial charge on any atom is -0.465 e. The van der Waals surface area contributed by atoms with Crippen LogP contribution >= 0.6 is 11.6 Å². The Morgan fingerprint density at radius 2 is 1.40 bits per heavy atom. The number of benzene rings is 1. The summed E-state index contributed by atoms with van der Waals surface area (Å²) in [6.45, 7) is 6.32. The van der Waals surface area contributed by atoms with E-state index in [1.807, 2.05) is 19.9 Å². The summed E-state index contributed by atoms with van der Waals surface area (Å²) in [7, 11) is 0. The van der Waals surface area contributed by atoms with Crippen molar-refractivity contribution < 1.29 is 19.1 Å². The molecule has 30 heavy (non-hydrogen) atoms. The van der Waals surface area contributed by atoms with E-state index in [9.17, 15) is 9.59 Å². The fourth-order valence-electron chi connectivity index (χ4n) is 3.54. The van der Waals surface area contributed by atoms with E-state index in [1.54, 1.807) is 18.2 Å². The number of ether oxygens (including phenoxy) is 2. The van der Waals surface area contributed by atoms with Gasteiger partial charge in [-0.15, -0.1) is 0 Å². The first kappa shape index (κ1) is 26.5. The monoisotopic (exact) mass is 438 g/mol. The lowest BCUT2D eigenvalue weighted by Crippen LogP contribution is -2.41. The number of carbonyl (C=O) groups excluding carboxylic acids is 2. The maximum atomic E-state index is 12.8. The molecule has 0 N–H and O–H groups in total. The van der Waals surface area contributed by atoms with Crippen molar-refractivity contribution in [2.75, 3.05) is 6.61 Å². The molecule has 4 nitrogen and oxygen atoms in total. The van der Waals surface area contributed by atoms with E-state index in [-0.39, 0.29) is 6.61 Å². The number of esters is 2. The molecule has 0 aliphatic rings. The van der Waals surface area contributed by atoms with Crippen molar-refractivity contribution in [1.29, 1.82) is 0 Å². The Bertz CT molecular complexity index is 625. The van der Waals surface area contributed by atoms with E-state index in [4.69, 9.17) is 21.1 Å². The van der Waals surface area contributed by atoms with Gasteiger partial charge >= 0.3 is 11.9 Å². The maximum Gasteiger partial charge on any atom is 0.323 e. The summed E-state index contributed by atoms with van der Waals surface area (Å²) in [5.74, 6) is -0.993. The Morgan fingerprint density at radius 3 is 1.97 bits per heavy atom. The van der Waals surface area contributed by atoms with E-state index in [2.05, 4.69) is 6.92 Å². The van der Waals surface area contributed by atoms with Crippen molar-refractivity contribution in [2.24, 2.45) is 5.41 Å². The minimum atomic E-state index is -1.24.